The molecule has 1 aromatic carbocycles. The average Bonchev–Trinajstić information content (AvgIpc) is 2.75. The van der Waals surface area contributed by atoms with Crippen LogP contribution >= 0.6 is 0 Å². The number of morpholine rings is 1. The Balaban J connectivity index is 1.55. The van der Waals surface area contributed by atoms with Crippen LogP contribution in [-0.4, -0.2) is 33.2 Å². The second kappa shape index (κ2) is 7.12. The summed E-state index contributed by atoms with van der Waals surface area (Å²) in [6.07, 6.45) is 6.68. The summed E-state index contributed by atoms with van der Waals surface area (Å²) < 4.78 is 8.21. The van der Waals surface area contributed by atoms with E-state index >= 15 is 0 Å². The molecule has 0 radical (unpaired) electrons. The number of rotatable bonds is 3. The van der Waals surface area contributed by atoms with E-state index in [1.165, 1.54) is 12.0 Å². The molecule has 148 valence electrons. The number of aromatic nitrogens is 3. The topological polar surface area (TPSA) is 60.2 Å². The lowest BCUT2D eigenvalue weighted by Gasteiger charge is -2.51. The number of anilines is 1. The minimum Gasteiger partial charge on any atom is -0.363 e. The lowest BCUT2D eigenvalue weighted by Crippen LogP contribution is -2.57. The van der Waals surface area contributed by atoms with Gasteiger partial charge in [-0.1, -0.05) is 30.3 Å². The van der Waals surface area contributed by atoms with Crippen LogP contribution in [0, 0.1) is 0 Å². The fraction of sp³-hybridized carbons (Fsp3) is 0.348. The van der Waals surface area contributed by atoms with E-state index in [-0.39, 0.29) is 17.3 Å². The first kappa shape index (κ1) is 18.1. The highest BCUT2D eigenvalue weighted by Gasteiger charge is 2.46. The molecule has 1 unspecified atom stereocenters. The van der Waals surface area contributed by atoms with E-state index in [2.05, 4.69) is 22.0 Å². The number of benzene rings is 1. The molecule has 1 atom stereocenters. The zero-order chi connectivity index (χ0) is 19.8. The molecule has 2 fully saturated rings. The Morgan fingerprint density at radius 3 is 2.55 bits per heavy atom. The molecule has 6 heteroatoms. The third kappa shape index (κ3) is 3.34. The van der Waals surface area contributed by atoms with Crippen molar-refractivity contribution >= 4 is 5.95 Å². The van der Waals surface area contributed by atoms with E-state index in [1.54, 1.807) is 30.1 Å². The summed E-state index contributed by atoms with van der Waals surface area (Å²) in [5.74, 6) is 0.694. The number of hydrogen-bond donors (Lipinski definition) is 0. The van der Waals surface area contributed by atoms with Crippen molar-refractivity contribution in [2.75, 3.05) is 18.0 Å². The second-order valence-electron chi connectivity index (χ2n) is 8.01. The van der Waals surface area contributed by atoms with Crippen molar-refractivity contribution in [3.05, 3.63) is 76.8 Å². The van der Waals surface area contributed by atoms with Gasteiger partial charge in [0, 0.05) is 37.6 Å². The lowest BCUT2D eigenvalue weighted by molar-refractivity contribution is -0.151. The molecule has 0 N–H and O–H groups in total. The Labute approximate surface area is 169 Å². The maximum atomic E-state index is 12.7. The maximum absolute atomic E-state index is 12.7. The van der Waals surface area contributed by atoms with Crippen LogP contribution in [0.1, 0.15) is 30.9 Å². The van der Waals surface area contributed by atoms with Crippen molar-refractivity contribution in [1.82, 2.24) is 14.5 Å². The van der Waals surface area contributed by atoms with Crippen molar-refractivity contribution in [3.63, 3.8) is 0 Å². The first-order valence-electron chi connectivity index (χ1n) is 10.1. The van der Waals surface area contributed by atoms with Gasteiger partial charge in [0.05, 0.1) is 17.8 Å². The van der Waals surface area contributed by atoms with E-state index in [0.29, 0.717) is 18.2 Å². The first-order chi connectivity index (χ1) is 14.1. The third-order valence-corrected chi connectivity index (χ3v) is 6.06. The summed E-state index contributed by atoms with van der Waals surface area (Å²) in [7, 11) is 1.79. The molecular weight excluding hydrogens is 364 g/mol. The molecular formula is C23H24N4O2. The SMILES string of the molecule is Cn1c(N2CC(c3ccccc3)OC3(CCC3)C2)nc(-c2ccncc2)cc1=O. The summed E-state index contributed by atoms with van der Waals surface area (Å²) >= 11 is 0. The zero-order valence-electron chi connectivity index (χ0n) is 16.5. The van der Waals surface area contributed by atoms with Crippen molar-refractivity contribution in [1.29, 1.82) is 0 Å². The van der Waals surface area contributed by atoms with Crippen molar-refractivity contribution in [2.45, 2.75) is 31.0 Å². The molecule has 2 aliphatic rings. The van der Waals surface area contributed by atoms with Gasteiger partial charge >= 0.3 is 0 Å². The normalized spacial score (nSPS) is 20.4. The Kier molecular flexibility index (Phi) is 4.43. The van der Waals surface area contributed by atoms with E-state index in [1.807, 2.05) is 30.3 Å². The van der Waals surface area contributed by atoms with Crippen LogP contribution in [0.4, 0.5) is 5.95 Å². The standard InChI is InChI=1S/C23H24N4O2/c1-26-21(28)14-19(17-8-12-24-13-9-17)25-22(26)27-15-20(18-6-3-2-4-7-18)29-23(16-27)10-5-11-23/h2-4,6-9,12-14,20H,5,10-11,15-16H2,1H3. The third-order valence-electron chi connectivity index (χ3n) is 6.06. The van der Waals surface area contributed by atoms with Gasteiger partial charge in [-0.05, 0) is 37.0 Å². The molecule has 0 bridgehead atoms. The molecule has 29 heavy (non-hydrogen) atoms. The summed E-state index contributed by atoms with van der Waals surface area (Å²) in [5.41, 5.74) is 2.52. The first-order valence-corrected chi connectivity index (χ1v) is 10.1. The number of nitrogens with zero attached hydrogens (tertiary/aromatic N) is 4. The predicted molar refractivity (Wildman–Crippen MR) is 112 cm³/mol. The zero-order valence-corrected chi connectivity index (χ0v) is 16.5. The molecule has 0 amide bonds. The van der Waals surface area contributed by atoms with E-state index in [4.69, 9.17) is 9.72 Å². The molecule has 2 aromatic heterocycles. The fourth-order valence-electron chi connectivity index (χ4n) is 4.31. The summed E-state index contributed by atoms with van der Waals surface area (Å²) in [4.78, 5) is 23.9. The van der Waals surface area contributed by atoms with Crippen LogP contribution in [-0.2, 0) is 11.8 Å². The van der Waals surface area contributed by atoms with Crippen molar-refractivity contribution in [2.24, 2.45) is 7.05 Å². The van der Waals surface area contributed by atoms with Crippen LogP contribution in [0.3, 0.4) is 0 Å². The maximum Gasteiger partial charge on any atom is 0.255 e. The van der Waals surface area contributed by atoms with Crippen molar-refractivity contribution in [3.8, 4) is 11.3 Å². The highest BCUT2D eigenvalue weighted by molar-refractivity contribution is 5.59. The smallest absolute Gasteiger partial charge is 0.255 e. The van der Waals surface area contributed by atoms with Gasteiger partial charge in [0.15, 0.2) is 0 Å². The molecule has 5 rings (SSSR count). The van der Waals surface area contributed by atoms with Crippen LogP contribution in [0.2, 0.25) is 0 Å². The molecule has 3 heterocycles. The molecule has 3 aromatic rings. The van der Waals surface area contributed by atoms with Crippen molar-refractivity contribution < 1.29 is 4.74 Å². The van der Waals surface area contributed by atoms with Crippen LogP contribution in [0.25, 0.3) is 11.3 Å². The predicted octanol–water partition coefficient (Wildman–Crippen LogP) is 3.34. The summed E-state index contributed by atoms with van der Waals surface area (Å²) in [6, 6.07) is 15.7. The van der Waals surface area contributed by atoms with Gasteiger partial charge in [-0.2, -0.15) is 0 Å². The van der Waals surface area contributed by atoms with Gasteiger partial charge in [0.25, 0.3) is 5.56 Å². The average molecular weight is 388 g/mol. The van der Waals surface area contributed by atoms with E-state index in [0.717, 1.165) is 24.9 Å². The molecule has 1 aliphatic carbocycles. The van der Waals surface area contributed by atoms with Gasteiger partial charge in [-0.25, -0.2) is 4.98 Å². The van der Waals surface area contributed by atoms with Crippen LogP contribution < -0.4 is 10.5 Å². The molecule has 6 nitrogen and oxygen atoms in total. The van der Waals surface area contributed by atoms with Crippen LogP contribution in [0.15, 0.2) is 65.7 Å². The van der Waals surface area contributed by atoms with Gasteiger partial charge in [0.1, 0.15) is 6.10 Å². The number of pyridine rings is 1. The molecule has 1 saturated carbocycles. The Morgan fingerprint density at radius 1 is 1.10 bits per heavy atom. The largest absolute Gasteiger partial charge is 0.363 e. The minimum atomic E-state index is -0.150. The summed E-state index contributed by atoms with van der Waals surface area (Å²) in [6.45, 7) is 1.43. The summed E-state index contributed by atoms with van der Waals surface area (Å²) in [5, 5.41) is 0. The lowest BCUT2D eigenvalue weighted by atomic mass is 9.78. The fourth-order valence-corrected chi connectivity index (χ4v) is 4.31. The molecule has 1 aliphatic heterocycles. The van der Waals surface area contributed by atoms with Gasteiger partial charge in [-0.3, -0.25) is 14.3 Å². The molecule has 1 spiro atoms. The Morgan fingerprint density at radius 2 is 1.86 bits per heavy atom. The highest BCUT2D eigenvalue weighted by Crippen LogP contribution is 2.44. The number of ether oxygens (including phenoxy) is 1. The number of hydrogen-bond acceptors (Lipinski definition) is 5. The van der Waals surface area contributed by atoms with E-state index in [9.17, 15) is 4.79 Å². The second-order valence-corrected chi connectivity index (χ2v) is 8.01. The Hall–Kier alpha value is -2.99. The monoisotopic (exact) mass is 388 g/mol. The van der Waals surface area contributed by atoms with Crippen LogP contribution in [0.5, 0.6) is 0 Å². The molecule has 1 saturated heterocycles. The van der Waals surface area contributed by atoms with E-state index < -0.39 is 0 Å². The minimum absolute atomic E-state index is 0.0354. The van der Waals surface area contributed by atoms with Gasteiger partial charge < -0.3 is 9.64 Å². The highest BCUT2D eigenvalue weighted by atomic mass is 16.5. The quantitative estimate of drug-likeness (QED) is 0.689. The van der Waals surface area contributed by atoms with Gasteiger partial charge in [-0.15, -0.1) is 0 Å². The van der Waals surface area contributed by atoms with Gasteiger partial charge in [0.2, 0.25) is 5.95 Å². The Bertz CT molecular complexity index is 1060.